The third kappa shape index (κ3) is 1.85. The van der Waals surface area contributed by atoms with Gasteiger partial charge in [-0.3, -0.25) is 0 Å². The molecule has 0 aromatic rings. The molecule has 0 aromatic heterocycles. The van der Waals surface area contributed by atoms with E-state index in [9.17, 15) is 0 Å². The molecule has 0 bridgehead atoms. The SMILES string of the molecule is CCCC1(CC)SCCS1. The second-order valence-corrected chi connectivity index (χ2v) is 5.93. The van der Waals surface area contributed by atoms with Crippen LogP contribution in [-0.2, 0) is 0 Å². The first kappa shape index (κ1) is 8.79. The van der Waals surface area contributed by atoms with Crippen LogP contribution in [-0.4, -0.2) is 15.6 Å². The molecule has 1 aliphatic heterocycles. The van der Waals surface area contributed by atoms with Gasteiger partial charge in [-0.2, -0.15) is 0 Å². The molecule has 10 heavy (non-hydrogen) atoms. The van der Waals surface area contributed by atoms with Gasteiger partial charge in [-0.15, -0.1) is 23.5 Å². The highest BCUT2D eigenvalue weighted by Gasteiger charge is 2.32. The van der Waals surface area contributed by atoms with Gasteiger partial charge in [0.2, 0.25) is 0 Å². The van der Waals surface area contributed by atoms with Gasteiger partial charge < -0.3 is 0 Å². The van der Waals surface area contributed by atoms with Crippen LogP contribution in [0.25, 0.3) is 0 Å². The van der Waals surface area contributed by atoms with E-state index >= 15 is 0 Å². The summed E-state index contributed by atoms with van der Waals surface area (Å²) in [4.78, 5) is 0. The average Bonchev–Trinajstić information content (AvgIpc) is 2.39. The summed E-state index contributed by atoms with van der Waals surface area (Å²) in [6.45, 7) is 4.61. The molecule has 0 amide bonds. The average molecular weight is 176 g/mol. The quantitative estimate of drug-likeness (QED) is 0.646. The molecule has 0 aromatic carbocycles. The molecule has 1 fully saturated rings. The van der Waals surface area contributed by atoms with Crippen LogP contribution < -0.4 is 0 Å². The zero-order valence-electron chi connectivity index (χ0n) is 6.85. The van der Waals surface area contributed by atoms with Gasteiger partial charge >= 0.3 is 0 Å². The predicted octanol–water partition coefficient (Wildman–Crippen LogP) is 3.37. The molecule has 1 saturated heterocycles. The van der Waals surface area contributed by atoms with Gasteiger partial charge in [0, 0.05) is 11.5 Å². The fourth-order valence-corrected chi connectivity index (χ4v) is 4.75. The molecule has 0 aliphatic carbocycles. The first-order valence-corrected chi connectivity index (χ1v) is 6.08. The molecule has 0 atom stereocenters. The van der Waals surface area contributed by atoms with Crippen molar-refractivity contribution < 1.29 is 0 Å². The summed E-state index contributed by atoms with van der Waals surface area (Å²) in [5.41, 5.74) is 0. The van der Waals surface area contributed by atoms with Gasteiger partial charge in [-0.25, -0.2) is 0 Å². The Hall–Kier alpha value is 0.700. The minimum absolute atomic E-state index is 0.620. The summed E-state index contributed by atoms with van der Waals surface area (Å²) in [7, 11) is 0. The van der Waals surface area contributed by atoms with Gasteiger partial charge in [0.05, 0.1) is 4.08 Å². The summed E-state index contributed by atoms with van der Waals surface area (Å²) in [5.74, 6) is 2.75. The molecule has 0 radical (unpaired) electrons. The molecule has 2 heteroatoms. The normalized spacial score (nSPS) is 23.4. The van der Waals surface area contributed by atoms with E-state index in [1.54, 1.807) is 0 Å². The lowest BCUT2D eigenvalue weighted by Gasteiger charge is -2.24. The molecule has 0 nitrogen and oxygen atoms in total. The summed E-state index contributed by atoms with van der Waals surface area (Å²) in [5, 5.41) is 0. The zero-order chi connectivity index (χ0) is 7.45. The minimum Gasteiger partial charge on any atom is -0.143 e. The van der Waals surface area contributed by atoms with Crippen LogP contribution in [0, 0.1) is 0 Å². The monoisotopic (exact) mass is 176 g/mol. The fourth-order valence-electron chi connectivity index (χ4n) is 1.40. The van der Waals surface area contributed by atoms with Crippen molar-refractivity contribution in [3.05, 3.63) is 0 Å². The maximum atomic E-state index is 2.32. The van der Waals surface area contributed by atoms with Crippen molar-refractivity contribution in [2.45, 2.75) is 37.2 Å². The van der Waals surface area contributed by atoms with Crippen molar-refractivity contribution in [3.8, 4) is 0 Å². The van der Waals surface area contributed by atoms with E-state index in [0.29, 0.717) is 4.08 Å². The largest absolute Gasteiger partial charge is 0.143 e. The van der Waals surface area contributed by atoms with Crippen LogP contribution in [0.1, 0.15) is 33.1 Å². The lowest BCUT2D eigenvalue weighted by atomic mass is 10.2. The van der Waals surface area contributed by atoms with Gasteiger partial charge in [-0.05, 0) is 12.8 Å². The Morgan fingerprint density at radius 3 is 2.20 bits per heavy atom. The minimum atomic E-state index is 0.620. The summed E-state index contributed by atoms with van der Waals surface area (Å²) in [6.07, 6.45) is 4.09. The van der Waals surface area contributed by atoms with E-state index in [1.165, 1.54) is 30.8 Å². The summed E-state index contributed by atoms with van der Waals surface area (Å²) < 4.78 is 0.620. The molecule has 60 valence electrons. The highest BCUT2D eigenvalue weighted by Crippen LogP contribution is 2.49. The molecule has 0 saturated carbocycles. The summed E-state index contributed by atoms with van der Waals surface area (Å²) in [6, 6.07) is 0. The number of rotatable bonds is 3. The first-order valence-electron chi connectivity index (χ1n) is 4.11. The van der Waals surface area contributed by atoms with E-state index in [2.05, 4.69) is 37.4 Å². The second kappa shape index (κ2) is 3.91. The molecule has 0 N–H and O–H groups in total. The molecular weight excluding hydrogens is 160 g/mol. The van der Waals surface area contributed by atoms with E-state index in [4.69, 9.17) is 0 Å². The summed E-state index contributed by atoms with van der Waals surface area (Å²) >= 11 is 4.35. The Kier molecular flexibility index (Phi) is 3.44. The molecular formula is C8H16S2. The topological polar surface area (TPSA) is 0 Å². The Bertz CT molecular complexity index is 95.4. The lowest BCUT2D eigenvalue weighted by molar-refractivity contribution is 0.681. The number of hydrogen-bond donors (Lipinski definition) is 0. The predicted molar refractivity (Wildman–Crippen MR) is 52.8 cm³/mol. The van der Waals surface area contributed by atoms with Crippen LogP contribution in [0.3, 0.4) is 0 Å². The van der Waals surface area contributed by atoms with E-state index in [0.717, 1.165) is 0 Å². The molecule has 1 heterocycles. The Morgan fingerprint density at radius 2 is 1.80 bits per heavy atom. The molecule has 1 rings (SSSR count). The Labute approximate surface area is 72.5 Å². The lowest BCUT2D eigenvalue weighted by Crippen LogP contribution is -2.14. The van der Waals surface area contributed by atoms with E-state index in [1.807, 2.05) is 0 Å². The third-order valence-corrected chi connectivity index (χ3v) is 5.80. The van der Waals surface area contributed by atoms with Gasteiger partial charge in [0.15, 0.2) is 0 Å². The van der Waals surface area contributed by atoms with Crippen LogP contribution in [0.5, 0.6) is 0 Å². The second-order valence-electron chi connectivity index (χ2n) is 2.71. The van der Waals surface area contributed by atoms with Crippen molar-refractivity contribution >= 4 is 23.5 Å². The first-order chi connectivity index (χ1) is 4.83. The van der Waals surface area contributed by atoms with Gasteiger partial charge in [0.25, 0.3) is 0 Å². The van der Waals surface area contributed by atoms with Crippen molar-refractivity contribution in [1.29, 1.82) is 0 Å². The van der Waals surface area contributed by atoms with Crippen LogP contribution in [0.4, 0.5) is 0 Å². The van der Waals surface area contributed by atoms with Crippen LogP contribution in [0.15, 0.2) is 0 Å². The molecule has 0 spiro atoms. The maximum Gasteiger partial charge on any atom is 0.0609 e. The van der Waals surface area contributed by atoms with E-state index in [-0.39, 0.29) is 0 Å². The standard InChI is InChI=1S/C8H16S2/c1-3-5-8(4-2)9-6-7-10-8/h3-7H2,1-2H3. The number of hydrogen-bond acceptors (Lipinski definition) is 2. The van der Waals surface area contributed by atoms with Gasteiger partial charge in [-0.1, -0.05) is 20.3 Å². The highest BCUT2D eigenvalue weighted by molar-refractivity contribution is 8.21. The zero-order valence-corrected chi connectivity index (χ0v) is 8.49. The maximum absolute atomic E-state index is 2.32. The van der Waals surface area contributed by atoms with E-state index < -0.39 is 0 Å². The van der Waals surface area contributed by atoms with Crippen LogP contribution >= 0.6 is 23.5 Å². The fraction of sp³-hybridized carbons (Fsp3) is 1.00. The Balaban J connectivity index is 2.41. The van der Waals surface area contributed by atoms with Crippen LogP contribution in [0.2, 0.25) is 0 Å². The van der Waals surface area contributed by atoms with Crippen molar-refractivity contribution in [3.63, 3.8) is 0 Å². The third-order valence-electron chi connectivity index (χ3n) is 1.98. The number of thioether (sulfide) groups is 2. The molecule has 0 unspecified atom stereocenters. The van der Waals surface area contributed by atoms with Crippen molar-refractivity contribution in [2.75, 3.05) is 11.5 Å². The van der Waals surface area contributed by atoms with Crippen molar-refractivity contribution in [1.82, 2.24) is 0 Å². The highest BCUT2D eigenvalue weighted by atomic mass is 32.2. The Morgan fingerprint density at radius 1 is 1.20 bits per heavy atom. The van der Waals surface area contributed by atoms with Crippen molar-refractivity contribution in [2.24, 2.45) is 0 Å². The smallest absolute Gasteiger partial charge is 0.0609 e. The molecule has 1 aliphatic rings. The van der Waals surface area contributed by atoms with Gasteiger partial charge in [0.1, 0.15) is 0 Å².